The van der Waals surface area contributed by atoms with E-state index in [1.165, 1.54) is 5.56 Å². The molecule has 0 radical (unpaired) electrons. The average molecular weight is 395 g/mol. The van der Waals surface area contributed by atoms with Crippen LogP contribution in [0, 0.1) is 0 Å². The highest BCUT2D eigenvalue weighted by molar-refractivity contribution is 6.03. The van der Waals surface area contributed by atoms with Crippen LogP contribution in [0.1, 0.15) is 21.5 Å². The highest BCUT2D eigenvalue weighted by Crippen LogP contribution is 2.27. The van der Waals surface area contributed by atoms with Crippen molar-refractivity contribution < 1.29 is 13.6 Å². The van der Waals surface area contributed by atoms with Gasteiger partial charge in [-0.05, 0) is 41.8 Å². The SMILES string of the molecule is O=C(Nc1nnc(-c2cc3ccccc3o2)o1)c1ccc(Cc2ccccc2)cc1. The van der Waals surface area contributed by atoms with Crippen LogP contribution in [0.25, 0.3) is 22.6 Å². The summed E-state index contributed by atoms with van der Waals surface area (Å²) in [6.07, 6.45) is 0.813. The minimum Gasteiger partial charge on any atom is -0.451 e. The van der Waals surface area contributed by atoms with E-state index in [2.05, 4.69) is 27.6 Å². The number of para-hydroxylation sites is 1. The zero-order valence-corrected chi connectivity index (χ0v) is 15.9. The third kappa shape index (κ3) is 3.71. The summed E-state index contributed by atoms with van der Waals surface area (Å²) < 4.78 is 11.3. The maximum Gasteiger partial charge on any atom is 0.322 e. The van der Waals surface area contributed by atoms with Crippen molar-refractivity contribution in [2.45, 2.75) is 6.42 Å². The standard InChI is InChI=1S/C24H17N3O3/c28-22(18-12-10-17(11-13-18)14-16-6-2-1-3-7-16)25-24-27-26-23(30-24)21-15-19-8-4-5-9-20(19)29-21/h1-13,15H,14H2,(H,25,27,28). The zero-order valence-electron chi connectivity index (χ0n) is 15.9. The highest BCUT2D eigenvalue weighted by Gasteiger charge is 2.16. The lowest BCUT2D eigenvalue weighted by molar-refractivity contribution is 0.102. The number of nitrogens with one attached hydrogen (secondary N) is 1. The van der Waals surface area contributed by atoms with Gasteiger partial charge in [-0.25, -0.2) is 0 Å². The third-order valence-electron chi connectivity index (χ3n) is 4.75. The summed E-state index contributed by atoms with van der Waals surface area (Å²) in [6.45, 7) is 0. The van der Waals surface area contributed by atoms with Crippen molar-refractivity contribution in [1.82, 2.24) is 10.2 Å². The minimum atomic E-state index is -0.318. The smallest absolute Gasteiger partial charge is 0.322 e. The second kappa shape index (κ2) is 7.67. The van der Waals surface area contributed by atoms with E-state index < -0.39 is 0 Å². The summed E-state index contributed by atoms with van der Waals surface area (Å²) in [6, 6.07) is 27.1. The maximum atomic E-state index is 12.5. The molecule has 0 bridgehead atoms. The van der Waals surface area contributed by atoms with Gasteiger partial charge in [0, 0.05) is 10.9 Å². The number of nitrogens with zero attached hydrogens (tertiary/aromatic N) is 2. The molecule has 0 fully saturated rings. The zero-order chi connectivity index (χ0) is 20.3. The molecule has 0 saturated heterocycles. The topological polar surface area (TPSA) is 81.2 Å². The van der Waals surface area contributed by atoms with Crippen LogP contribution in [-0.4, -0.2) is 16.1 Å². The molecule has 5 rings (SSSR count). The molecule has 0 aliphatic heterocycles. The van der Waals surface area contributed by atoms with E-state index >= 15 is 0 Å². The normalized spacial score (nSPS) is 10.9. The highest BCUT2D eigenvalue weighted by atomic mass is 16.4. The average Bonchev–Trinajstić information content (AvgIpc) is 3.42. The Morgan fingerprint density at radius 3 is 2.33 bits per heavy atom. The van der Waals surface area contributed by atoms with Crippen LogP contribution in [0.15, 0.2) is 93.8 Å². The van der Waals surface area contributed by atoms with E-state index in [4.69, 9.17) is 8.83 Å². The molecule has 6 nitrogen and oxygen atoms in total. The first-order valence-electron chi connectivity index (χ1n) is 9.51. The molecule has 1 N–H and O–H groups in total. The molecular weight excluding hydrogens is 378 g/mol. The van der Waals surface area contributed by atoms with Gasteiger partial charge in [0.25, 0.3) is 11.8 Å². The van der Waals surface area contributed by atoms with Crippen LogP contribution >= 0.6 is 0 Å². The minimum absolute atomic E-state index is 0.0174. The molecule has 0 aliphatic carbocycles. The Hall–Kier alpha value is -4.19. The monoisotopic (exact) mass is 395 g/mol. The van der Waals surface area contributed by atoms with Crippen molar-refractivity contribution in [2.75, 3.05) is 5.32 Å². The number of rotatable bonds is 5. The van der Waals surface area contributed by atoms with E-state index in [0.717, 1.165) is 23.0 Å². The van der Waals surface area contributed by atoms with Gasteiger partial charge >= 0.3 is 6.01 Å². The quantitative estimate of drug-likeness (QED) is 0.435. The summed E-state index contributed by atoms with van der Waals surface area (Å²) in [7, 11) is 0. The molecule has 6 heteroatoms. The molecular formula is C24H17N3O3. The fraction of sp³-hybridized carbons (Fsp3) is 0.0417. The van der Waals surface area contributed by atoms with E-state index in [0.29, 0.717) is 11.3 Å². The van der Waals surface area contributed by atoms with Gasteiger partial charge < -0.3 is 8.83 Å². The molecule has 3 aromatic carbocycles. The van der Waals surface area contributed by atoms with Gasteiger partial charge in [0.05, 0.1) is 0 Å². The molecule has 2 heterocycles. The van der Waals surface area contributed by atoms with Crippen LogP contribution in [0.5, 0.6) is 0 Å². The molecule has 0 atom stereocenters. The number of amides is 1. The van der Waals surface area contributed by atoms with Crippen LogP contribution in [-0.2, 0) is 6.42 Å². The molecule has 5 aromatic rings. The lowest BCUT2D eigenvalue weighted by atomic mass is 10.0. The van der Waals surface area contributed by atoms with Gasteiger partial charge in [-0.15, -0.1) is 5.10 Å². The number of carbonyl (C=O) groups excluding carboxylic acids is 1. The van der Waals surface area contributed by atoms with E-state index in [1.807, 2.05) is 60.7 Å². The fourth-order valence-corrected chi connectivity index (χ4v) is 3.24. The molecule has 2 aromatic heterocycles. The summed E-state index contributed by atoms with van der Waals surface area (Å²) in [4.78, 5) is 12.5. The van der Waals surface area contributed by atoms with Crippen molar-refractivity contribution >= 4 is 22.9 Å². The molecule has 0 unspecified atom stereocenters. The predicted molar refractivity (Wildman–Crippen MR) is 113 cm³/mol. The van der Waals surface area contributed by atoms with Crippen molar-refractivity contribution in [3.63, 3.8) is 0 Å². The van der Waals surface area contributed by atoms with Crippen molar-refractivity contribution in [2.24, 2.45) is 0 Å². The fourth-order valence-electron chi connectivity index (χ4n) is 3.24. The molecule has 0 spiro atoms. The Kier molecular flexibility index (Phi) is 4.57. The Bertz CT molecular complexity index is 1270. The number of carbonyl (C=O) groups is 1. The second-order valence-corrected chi connectivity index (χ2v) is 6.87. The maximum absolute atomic E-state index is 12.5. The Labute approximate surface area is 172 Å². The van der Waals surface area contributed by atoms with Crippen molar-refractivity contribution in [1.29, 1.82) is 0 Å². The number of benzene rings is 3. The number of anilines is 1. The molecule has 1 amide bonds. The van der Waals surface area contributed by atoms with E-state index in [9.17, 15) is 4.79 Å². The van der Waals surface area contributed by atoms with Gasteiger partial charge in [0.15, 0.2) is 5.76 Å². The number of fused-ring (bicyclic) bond motifs is 1. The van der Waals surface area contributed by atoms with Crippen LogP contribution in [0.4, 0.5) is 6.01 Å². The van der Waals surface area contributed by atoms with Gasteiger partial charge in [-0.2, -0.15) is 0 Å². The molecule has 146 valence electrons. The second-order valence-electron chi connectivity index (χ2n) is 6.87. The molecule has 0 aliphatic rings. The summed E-state index contributed by atoms with van der Waals surface area (Å²) in [5, 5.41) is 11.4. The third-order valence-corrected chi connectivity index (χ3v) is 4.75. The largest absolute Gasteiger partial charge is 0.451 e. The Balaban J connectivity index is 1.27. The Morgan fingerprint density at radius 1 is 0.800 bits per heavy atom. The summed E-state index contributed by atoms with van der Waals surface area (Å²) in [5.74, 6) is 0.343. The van der Waals surface area contributed by atoms with E-state index in [1.54, 1.807) is 12.1 Å². The summed E-state index contributed by atoms with van der Waals surface area (Å²) in [5.41, 5.74) is 3.59. The first-order valence-corrected chi connectivity index (χ1v) is 9.51. The van der Waals surface area contributed by atoms with Crippen molar-refractivity contribution in [3.8, 4) is 11.7 Å². The molecule has 30 heavy (non-hydrogen) atoms. The number of hydrogen-bond donors (Lipinski definition) is 1. The van der Waals surface area contributed by atoms with Gasteiger partial charge in [0.2, 0.25) is 0 Å². The lowest BCUT2D eigenvalue weighted by Crippen LogP contribution is -2.12. The number of aromatic nitrogens is 2. The van der Waals surface area contributed by atoms with Gasteiger partial charge in [-0.1, -0.05) is 65.8 Å². The number of hydrogen-bond acceptors (Lipinski definition) is 5. The van der Waals surface area contributed by atoms with Gasteiger partial charge in [0.1, 0.15) is 5.58 Å². The van der Waals surface area contributed by atoms with Crippen LogP contribution in [0.2, 0.25) is 0 Å². The van der Waals surface area contributed by atoms with E-state index in [-0.39, 0.29) is 17.8 Å². The van der Waals surface area contributed by atoms with Crippen molar-refractivity contribution in [3.05, 3.63) is 102 Å². The molecule has 0 saturated carbocycles. The Morgan fingerprint density at radius 2 is 1.53 bits per heavy atom. The van der Waals surface area contributed by atoms with Crippen LogP contribution < -0.4 is 5.32 Å². The first kappa shape index (κ1) is 17.9. The van der Waals surface area contributed by atoms with Gasteiger partial charge in [-0.3, -0.25) is 10.1 Å². The lowest BCUT2D eigenvalue weighted by Gasteiger charge is -2.04. The van der Waals surface area contributed by atoms with Crippen LogP contribution in [0.3, 0.4) is 0 Å². The predicted octanol–water partition coefficient (Wildman–Crippen LogP) is 5.33. The first-order chi connectivity index (χ1) is 14.7. The number of furan rings is 1. The summed E-state index contributed by atoms with van der Waals surface area (Å²) >= 11 is 0.